The summed E-state index contributed by atoms with van der Waals surface area (Å²) in [6, 6.07) is 3.89. The Balaban J connectivity index is 0. The molecule has 3 heteroatoms. The zero-order valence-electron chi connectivity index (χ0n) is 10.4. The highest BCUT2D eigenvalue weighted by atomic mass is 28.4. The van der Waals surface area contributed by atoms with Crippen molar-refractivity contribution in [2.45, 2.75) is 65.6 Å². The molecule has 13 heavy (non-hydrogen) atoms. The van der Waals surface area contributed by atoms with Gasteiger partial charge in [0, 0.05) is 0 Å². The highest BCUT2D eigenvalue weighted by Gasteiger charge is 2.24. The van der Waals surface area contributed by atoms with Crippen LogP contribution in [0.1, 0.15) is 47.5 Å². The van der Waals surface area contributed by atoms with Crippen molar-refractivity contribution in [2.24, 2.45) is 0 Å². The molecule has 0 aromatic rings. The van der Waals surface area contributed by atoms with E-state index in [0.29, 0.717) is 0 Å². The standard InChI is InChI=1S/C6H15OSi.C4H10.Al.2H/c1-4-8(7,5-2)6-3;1-3-4-2;;;/h4-6H2,1-3H3;3-4H2,1-2H3;;;/q-1;;+1;;. The first kappa shape index (κ1) is 16.2. The van der Waals surface area contributed by atoms with Crippen LogP contribution in [-0.2, 0) is 3.48 Å². The molecule has 0 radical (unpaired) electrons. The lowest BCUT2D eigenvalue weighted by molar-refractivity contribution is 0.587. The maximum atomic E-state index is 5.66. The van der Waals surface area contributed by atoms with Crippen LogP contribution in [0.5, 0.6) is 0 Å². The minimum Gasteiger partial charge on any atom is -0.550 e. The third-order valence-electron chi connectivity index (χ3n) is 2.87. The van der Waals surface area contributed by atoms with Gasteiger partial charge in [-0.3, -0.25) is 0 Å². The lowest BCUT2D eigenvalue weighted by Crippen LogP contribution is -2.34. The lowest BCUT2D eigenvalue weighted by atomic mass is 10.4. The van der Waals surface area contributed by atoms with E-state index in [-0.39, 0.29) is 0 Å². The molecule has 0 amide bonds. The number of hydrogen-bond donors (Lipinski definition) is 0. The molecule has 0 fully saturated rings. The molecule has 0 bridgehead atoms. The summed E-state index contributed by atoms with van der Waals surface area (Å²) < 4.78 is 5.66. The van der Waals surface area contributed by atoms with Crippen LogP contribution in [-0.4, -0.2) is 24.9 Å². The summed E-state index contributed by atoms with van der Waals surface area (Å²) in [5, 5.41) is 0. The maximum absolute atomic E-state index is 5.66. The van der Waals surface area contributed by atoms with E-state index in [9.17, 15) is 0 Å². The summed E-state index contributed by atoms with van der Waals surface area (Å²) in [5.74, 6) is 0. The van der Waals surface area contributed by atoms with E-state index < -0.39 is 8.32 Å². The average Bonchev–Trinajstić information content (AvgIpc) is 2.23. The molecule has 0 rings (SSSR count). The Morgan fingerprint density at radius 3 is 1.15 bits per heavy atom. The van der Waals surface area contributed by atoms with Crippen molar-refractivity contribution in [3.05, 3.63) is 0 Å². The van der Waals surface area contributed by atoms with E-state index in [1.807, 2.05) is 0 Å². The van der Waals surface area contributed by atoms with Gasteiger partial charge in [-0.1, -0.05) is 47.5 Å². The Labute approximate surface area is 94.1 Å². The number of rotatable bonds is 5. The first-order valence-corrected chi connectivity index (χ1v) is 9.05. The fraction of sp³-hybridized carbons (Fsp3) is 1.00. The average molecular weight is 218 g/mol. The van der Waals surface area contributed by atoms with Crippen molar-refractivity contribution in [1.82, 2.24) is 0 Å². The Bertz CT molecular complexity index is 75.4. The molecule has 0 aromatic carbocycles. The molecular formula is C10H27AlOSi. The predicted octanol–water partition coefficient (Wildman–Crippen LogP) is 3.36. The van der Waals surface area contributed by atoms with Crippen LogP contribution in [0.2, 0.25) is 18.1 Å². The molecule has 0 saturated heterocycles. The lowest BCUT2D eigenvalue weighted by Gasteiger charge is -2.27. The minimum absolute atomic E-state index is 0.937. The molecule has 0 atom stereocenters. The van der Waals surface area contributed by atoms with Crippen LogP contribution in [0.4, 0.5) is 0 Å². The largest absolute Gasteiger partial charge is 0.550 e. The van der Waals surface area contributed by atoms with E-state index in [0.717, 1.165) is 16.6 Å². The van der Waals surface area contributed by atoms with Gasteiger partial charge in [0.25, 0.3) is 0 Å². The normalized spacial score (nSPS) is 10.5. The smallest absolute Gasteiger partial charge is 0.399 e. The second-order valence-electron chi connectivity index (χ2n) is 3.45. The summed E-state index contributed by atoms with van der Waals surface area (Å²) in [5.41, 5.74) is 0. The second-order valence-corrected chi connectivity index (χ2v) is 9.57. The van der Waals surface area contributed by atoms with Gasteiger partial charge in [0.2, 0.25) is 0 Å². The van der Waals surface area contributed by atoms with E-state index in [2.05, 4.69) is 34.6 Å². The monoisotopic (exact) mass is 218 g/mol. The van der Waals surface area contributed by atoms with Crippen molar-refractivity contribution in [1.29, 1.82) is 0 Å². The van der Waals surface area contributed by atoms with Gasteiger partial charge in [-0.2, -0.15) is 0 Å². The summed E-state index contributed by atoms with van der Waals surface area (Å²) in [6.45, 7) is 11.1. The first-order valence-electron chi connectivity index (χ1n) is 5.71. The third-order valence-corrected chi connectivity index (χ3v) is 10.2. The van der Waals surface area contributed by atoms with Crippen molar-refractivity contribution in [3.63, 3.8) is 0 Å². The highest BCUT2D eigenvalue weighted by Crippen LogP contribution is 2.19. The van der Waals surface area contributed by atoms with Crippen LogP contribution < -0.4 is 0 Å². The van der Waals surface area contributed by atoms with Crippen LogP contribution >= 0.6 is 0 Å². The van der Waals surface area contributed by atoms with Crippen LogP contribution in [0.25, 0.3) is 0 Å². The van der Waals surface area contributed by atoms with Gasteiger partial charge < -0.3 is 3.48 Å². The first-order chi connectivity index (χ1) is 6.16. The van der Waals surface area contributed by atoms with E-state index in [1.165, 1.54) is 31.0 Å². The van der Waals surface area contributed by atoms with Crippen LogP contribution in [0.15, 0.2) is 0 Å². The maximum Gasteiger partial charge on any atom is 0.399 e. The molecule has 0 spiro atoms. The van der Waals surface area contributed by atoms with Gasteiger partial charge in [0.15, 0.2) is 8.32 Å². The van der Waals surface area contributed by atoms with Crippen molar-refractivity contribution < 1.29 is 3.48 Å². The van der Waals surface area contributed by atoms with E-state index in [1.54, 1.807) is 0 Å². The molecule has 0 aliphatic heterocycles. The second kappa shape index (κ2) is 10.8. The molecule has 0 heterocycles. The van der Waals surface area contributed by atoms with Gasteiger partial charge >= 0.3 is 16.6 Å². The minimum atomic E-state index is -1.13. The van der Waals surface area contributed by atoms with Crippen LogP contribution in [0.3, 0.4) is 0 Å². The van der Waals surface area contributed by atoms with Gasteiger partial charge in [-0.15, -0.1) is 0 Å². The van der Waals surface area contributed by atoms with Gasteiger partial charge in [-0.05, 0) is 18.1 Å². The zero-order chi connectivity index (χ0) is 10.7. The number of unbranched alkanes of at least 4 members (excludes halogenated alkanes) is 1. The fourth-order valence-corrected chi connectivity index (χ4v) is 6.15. The SMILES string of the molecule is CCCC.CC[Si](CC)(CC)[O][AlH2]. The Morgan fingerprint density at radius 2 is 1.15 bits per heavy atom. The molecule has 0 aromatic heterocycles. The molecule has 0 aliphatic carbocycles. The van der Waals surface area contributed by atoms with Gasteiger partial charge in [0.1, 0.15) is 0 Å². The highest BCUT2D eigenvalue weighted by molar-refractivity contribution is 6.75. The van der Waals surface area contributed by atoms with Gasteiger partial charge in [-0.25, -0.2) is 0 Å². The molecule has 0 aliphatic rings. The van der Waals surface area contributed by atoms with Crippen LogP contribution in [0, 0.1) is 0 Å². The topological polar surface area (TPSA) is 9.23 Å². The van der Waals surface area contributed by atoms with E-state index >= 15 is 0 Å². The molecule has 0 saturated carbocycles. The molecule has 80 valence electrons. The Kier molecular flexibility index (Phi) is 13.4. The predicted molar refractivity (Wildman–Crippen MR) is 67.4 cm³/mol. The molecule has 0 unspecified atom stereocenters. The van der Waals surface area contributed by atoms with Crippen molar-refractivity contribution in [3.8, 4) is 0 Å². The van der Waals surface area contributed by atoms with Crippen molar-refractivity contribution >= 4 is 24.9 Å². The summed E-state index contributed by atoms with van der Waals surface area (Å²) in [6.07, 6.45) is 2.64. The molecule has 1 nitrogen and oxygen atoms in total. The van der Waals surface area contributed by atoms with E-state index in [4.69, 9.17) is 3.48 Å². The quantitative estimate of drug-likeness (QED) is 0.643. The summed E-state index contributed by atoms with van der Waals surface area (Å²) >= 11 is 0.937. The molecule has 0 N–H and O–H groups in total. The van der Waals surface area contributed by atoms with Crippen molar-refractivity contribution in [2.75, 3.05) is 0 Å². The summed E-state index contributed by atoms with van der Waals surface area (Å²) in [4.78, 5) is 0. The third kappa shape index (κ3) is 7.76. The zero-order valence-corrected chi connectivity index (χ0v) is 13.4. The number of hydrogen-bond acceptors (Lipinski definition) is 1. The Morgan fingerprint density at radius 1 is 0.846 bits per heavy atom. The Hall–Kier alpha value is 0.709. The molecular weight excluding hydrogens is 191 g/mol. The summed E-state index contributed by atoms with van der Waals surface area (Å²) in [7, 11) is -1.13. The fourth-order valence-electron chi connectivity index (χ4n) is 1.18. The van der Waals surface area contributed by atoms with Gasteiger partial charge in [0.05, 0.1) is 0 Å².